The van der Waals surface area contributed by atoms with Crippen LogP contribution in [0.2, 0.25) is 0 Å². The first-order valence-corrected chi connectivity index (χ1v) is 9.96. The lowest BCUT2D eigenvalue weighted by atomic mass is 9.94. The van der Waals surface area contributed by atoms with Crippen LogP contribution in [-0.2, 0) is 33.3 Å². The van der Waals surface area contributed by atoms with Crippen LogP contribution >= 0.6 is 0 Å². The van der Waals surface area contributed by atoms with Gasteiger partial charge in [-0.1, -0.05) is 0 Å². The molecule has 9 nitrogen and oxygen atoms in total. The first-order chi connectivity index (χ1) is 13.4. The van der Waals surface area contributed by atoms with E-state index in [9.17, 15) is 24.6 Å². The van der Waals surface area contributed by atoms with E-state index in [1.807, 2.05) is 0 Å². The molecule has 0 aliphatic carbocycles. The van der Waals surface area contributed by atoms with Gasteiger partial charge in [0.05, 0.1) is 16.2 Å². The van der Waals surface area contributed by atoms with Crippen LogP contribution in [0.3, 0.4) is 0 Å². The molecule has 9 heteroatoms. The quantitative estimate of drug-likeness (QED) is 0.502. The highest BCUT2D eigenvalue weighted by atomic mass is 16.7. The predicted octanol–water partition coefficient (Wildman–Crippen LogP) is 1.57. The van der Waals surface area contributed by atoms with Crippen molar-refractivity contribution < 1.29 is 43.5 Å². The summed E-state index contributed by atoms with van der Waals surface area (Å²) in [4.78, 5) is 37.1. The van der Waals surface area contributed by atoms with Crippen molar-refractivity contribution in [2.24, 2.45) is 16.2 Å². The minimum atomic E-state index is -1.73. The summed E-state index contributed by atoms with van der Waals surface area (Å²) in [5.41, 5.74) is -2.59. The molecule has 1 aliphatic rings. The molecule has 0 radical (unpaired) electrons. The lowest BCUT2D eigenvalue weighted by Crippen LogP contribution is -2.62. The van der Waals surface area contributed by atoms with E-state index in [4.69, 9.17) is 18.9 Å². The van der Waals surface area contributed by atoms with Crippen molar-refractivity contribution in [2.75, 3.05) is 6.61 Å². The van der Waals surface area contributed by atoms with E-state index in [1.54, 1.807) is 62.3 Å². The molecule has 1 saturated heterocycles. The number of aliphatic hydroxyl groups is 2. The van der Waals surface area contributed by atoms with Crippen molar-refractivity contribution >= 4 is 17.9 Å². The average Bonchev–Trinajstić information content (AvgIpc) is 2.56. The Morgan fingerprint density at radius 3 is 1.53 bits per heavy atom. The number of rotatable bonds is 4. The van der Waals surface area contributed by atoms with Crippen molar-refractivity contribution in [2.45, 2.75) is 93.0 Å². The molecule has 5 atom stereocenters. The van der Waals surface area contributed by atoms with Crippen LogP contribution < -0.4 is 0 Å². The molecule has 1 aliphatic heterocycles. The molecular formula is C21H36O9. The highest BCUT2D eigenvalue weighted by Gasteiger charge is 2.51. The summed E-state index contributed by atoms with van der Waals surface area (Å²) in [5.74, 6) is -1.83. The summed E-state index contributed by atoms with van der Waals surface area (Å²) in [6.07, 6.45) is -7.26. The number of esters is 3. The second kappa shape index (κ2) is 9.20. The minimum absolute atomic E-state index is 0.370. The van der Waals surface area contributed by atoms with Gasteiger partial charge in [-0.05, 0) is 62.3 Å². The second-order valence-electron chi connectivity index (χ2n) is 10.6. The van der Waals surface area contributed by atoms with Gasteiger partial charge in [0.25, 0.3) is 0 Å². The summed E-state index contributed by atoms with van der Waals surface area (Å²) in [7, 11) is 0. The first kappa shape index (κ1) is 26.3. The maximum Gasteiger partial charge on any atom is 0.311 e. The molecule has 0 aromatic carbocycles. The fourth-order valence-electron chi connectivity index (χ4n) is 2.29. The minimum Gasteiger partial charge on any atom is -0.462 e. The molecule has 0 spiro atoms. The smallest absolute Gasteiger partial charge is 0.311 e. The SMILES string of the molecule is CC(C)(C)C(=O)OC[C@H]1O[C@@H](O)[C@H](O)[C@@H](OC(=O)C(C)(C)C)[C@@H]1OC(=O)C(C)(C)C. The Kier molecular flexibility index (Phi) is 8.07. The lowest BCUT2D eigenvalue weighted by molar-refractivity contribution is -0.296. The van der Waals surface area contributed by atoms with Crippen LogP contribution in [0.4, 0.5) is 0 Å². The predicted molar refractivity (Wildman–Crippen MR) is 106 cm³/mol. The normalized spacial score (nSPS) is 27.9. The lowest BCUT2D eigenvalue weighted by Gasteiger charge is -2.43. The molecule has 174 valence electrons. The summed E-state index contributed by atoms with van der Waals surface area (Å²) in [6.45, 7) is 14.4. The molecule has 0 amide bonds. The number of carbonyl (C=O) groups is 3. The summed E-state index contributed by atoms with van der Waals surface area (Å²) in [6, 6.07) is 0. The standard InChI is InChI=1S/C21H36O9/c1-19(2,3)16(24)27-10-11-13(29-17(25)20(4,5)6)14(12(22)15(23)28-11)30-18(26)21(7,8)9/h11-15,22-23H,10H2,1-9H3/t11-,12-,13-,14-,15-/m1/s1. The van der Waals surface area contributed by atoms with Gasteiger partial charge in [-0.15, -0.1) is 0 Å². The van der Waals surface area contributed by atoms with Crippen molar-refractivity contribution in [3.63, 3.8) is 0 Å². The van der Waals surface area contributed by atoms with Gasteiger partial charge in [0, 0.05) is 0 Å². The fraction of sp³-hybridized carbons (Fsp3) is 0.857. The molecule has 1 rings (SSSR count). The van der Waals surface area contributed by atoms with Crippen molar-refractivity contribution in [3.05, 3.63) is 0 Å². The van der Waals surface area contributed by atoms with E-state index < -0.39 is 64.9 Å². The molecule has 30 heavy (non-hydrogen) atoms. The molecule has 1 heterocycles. The van der Waals surface area contributed by atoms with Gasteiger partial charge in [-0.2, -0.15) is 0 Å². The van der Waals surface area contributed by atoms with E-state index in [0.717, 1.165) is 0 Å². The van der Waals surface area contributed by atoms with Crippen molar-refractivity contribution in [3.8, 4) is 0 Å². The first-order valence-electron chi connectivity index (χ1n) is 9.96. The molecule has 2 N–H and O–H groups in total. The van der Waals surface area contributed by atoms with E-state index in [1.165, 1.54) is 0 Å². The van der Waals surface area contributed by atoms with Crippen LogP contribution in [-0.4, -0.2) is 65.4 Å². The molecule has 0 saturated carbocycles. The van der Waals surface area contributed by atoms with Gasteiger partial charge >= 0.3 is 17.9 Å². The molecule has 0 bridgehead atoms. The van der Waals surface area contributed by atoms with E-state index >= 15 is 0 Å². The third-order valence-corrected chi connectivity index (χ3v) is 4.34. The maximum absolute atomic E-state index is 12.5. The van der Waals surface area contributed by atoms with Gasteiger partial charge in [-0.25, -0.2) is 0 Å². The van der Waals surface area contributed by atoms with Gasteiger partial charge < -0.3 is 29.2 Å². The molecule has 0 unspecified atom stereocenters. The monoisotopic (exact) mass is 432 g/mol. The van der Waals surface area contributed by atoms with E-state index in [2.05, 4.69) is 0 Å². The zero-order valence-corrected chi connectivity index (χ0v) is 19.3. The Balaban J connectivity index is 3.20. The van der Waals surface area contributed by atoms with E-state index in [0.29, 0.717) is 0 Å². The number of aliphatic hydroxyl groups excluding tert-OH is 2. The Morgan fingerprint density at radius 2 is 1.13 bits per heavy atom. The average molecular weight is 433 g/mol. The van der Waals surface area contributed by atoms with Crippen LogP contribution in [0.15, 0.2) is 0 Å². The summed E-state index contributed by atoms with van der Waals surface area (Å²) in [5, 5.41) is 20.5. The van der Waals surface area contributed by atoms with E-state index in [-0.39, 0.29) is 6.61 Å². The number of hydrogen-bond donors (Lipinski definition) is 2. The van der Waals surface area contributed by atoms with Crippen LogP contribution in [0.25, 0.3) is 0 Å². The molecular weight excluding hydrogens is 396 g/mol. The second-order valence-corrected chi connectivity index (χ2v) is 10.6. The topological polar surface area (TPSA) is 129 Å². The fourth-order valence-corrected chi connectivity index (χ4v) is 2.29. The number of carbonyl (C=O) groups excluding carboxylic acids is 3. The number of ether oxygens (including phenoxy) is 4. The van der Waals surface area contributed by atoms with Crippen molar-refractivity contribution in [1.82, 2.24) is 0 Å². The Labute approximate surface area is 178 Å². The Hall–Kier alpha value is -1.71. The highest BCUT2D eigenvalue weighted by Crippen LogP contribution is 2.30. The largest absolute Gasteiger partial charge is 0.462 e. The van der Waals surface area contributed by atoms with Gasteiger partial charge in [0.15, 0.2) is 18.5 Å². The molecule has 1 fully saturated rings. The summed E-state index contributed by atoms with van der Waals surface area (Å²) >= 11 is 0. The zero-order valence-electron chi connectivity index (χ0n) is 19.3. The molecule has 0 aromatic rings. The van der Waals surface area contributed by atoms with Crippen LogP contribution in [0.1, 0.15) is 62.3 Å². The van der Waals surface area contributed by atoms with Crippen LogP contribution in [0.5, 0.6) is 0 Å². The zero-order chi connectivity index (χ0) is 23.7. The third-order valence-electron chi connectivity index (χ3n) is 4.34. The van der Waals surface area contributed by atoms with Gasteiger partial charge in [-0.3, -0.25) is 14.4 Å². The highest BCUT2D eigenvalue weighted by molar-refractivity contribution is 5.77. The number of hydrogen-bond acceptors (Lipinski definition) is 9. The van der Waals surface area contributed by atoms with Crippen LogP contribution in [0, 0.1) is 16.2 Å². The Bertz CT molecular complexity index is 636. The summed E-state index contributed by atoms with van der Waals surface area (Å²) < 4.78 is 21.6. The Morgan fingerprint density at radius 1 is 0.733 bits per heavy atom. The molecule has 0 aromatic heterocycles. The third kappa shape index (κ3) is 6.92. The van der Waals surface area contributed by atoms with Crippen molar-refractivity contribution in [1.29, 1.82) is 0 Å². The maximum atomic E-state index is 12.5. The van der Waals surface area contributed by atoms with Gasteiger partial charge in [0.1, 0.15) is 18.8 Å². The van der Waals surface area contributed by atoms with Gasteiger partial charge in [0.2, 0.25) is 0 Å².